The minimum atomic E-state index is -4.61. The van der Waals surface area contributed by atoms with Gasteiger partial charge in [0.05, 0.1) is 17.8 Å². The van der Waals surface area contributed by atoms with E-state index in [1.807, 2.05) is 25.1 Å². The molecule has 2 aromatic carbocycles. The molecule has 2 aliphatic rings. The summed E-state index contributed by atoms with van der Waals surface area (Å²) in [6.07, 6.45) is 0.632. The van der Waals surface area contributed by atoms with Crippen molar-refractivity contribution in [3.63, 3.8) is 0 Å². The number of carbonyl (C=O) groups excluding carboxylic acids is 1. The Morgan fingerprint density at radius 3 is 2.38 bits per heavy atom. The second-order valence-electron chi connectivity index (χ2n) is 11.0. The number of piperazine rings is 1. The first-order valence-corrected chi connectivity index (χ1v) is 14.4. The van der Waals surface area contributed by atoms with Gasteiger partial charge < -0.3 is 19.5 Å². The highest BCUT2D eigenvalue weighted by atomic mass is 19.4. The third-order valence-electron chi connectivity index (χ3n) is 8.11. The molecule has 4 rings (SSSR count). The van der Waals surface area contributed by atoms with Gasteiger partial charge in [-0.2, -0.15) is 13.2 Å². The van der Waals surface area contributed by atoms with Crippen molar-refractivity contribution in [3.8, 4) is 5.75 Å². The van der Waals surface area contributed by atoms with Gasteiger partial charge in [0.25, 0.3) is 0 Å². The second-order valence-corrected chi connectivity index (χ2v) is 11.0. The lowest BCUT2D eigenvalue weighted by molar-refractivity contribution is -0.139. The number of halogens is 3. The van der Waals surface area contributed by atoms with Crippen molar-refractivity contribution in [3.05, 3.63) is 65.2 Å². The van der Waals surface area contributed by atoms with E-state index in [0.29, 0.717) is 57.7 Å². The number of ether oxygens (including phenoxy) is 2. The summed E-state index contributed by atoms with van der Waals surface area (Å²) in [6, 6.07) is 13.3. The van der Waals surface area contributed by atoms with Crippen LogP contribution >= 0.6 is 0 Å². The number of carbonyl (C=O) groups is 1. The van der Waals surface area contributed by atoms with E-state index in [1.165, 1.54) is 12.1 Å². The molecule has 1 aliphatic heterocycles. The van der Waals surface area contributed by atoms with Crippen molar-refractivity contribution < 1.29 is 32.5 Å². The summed E-state index contributed by atoms with van der Waals surface area (Å²) in [6.45, 7) is 4.98. The molecule has 9 heteroatoms. The van der Waals surface area contributed by atoms with Crippen LogP contribution in [0, 0.1) is 0 Å². The third-order valence-corrected chi connectivity index (χ3v) is 8.11. The number of rotatable bonds is 10. The monoisotopic (exact) mass is 562 g/mol. The summed E-state index contributed by atoms with van der Waals surface area (Å²) in [4.78, 5) is 16.2. The van der Waals surface area contributed by atoms with Gasteiger partial charge >= 0.3 is 12.3 Å². The fraction of sp³-hybridized carbons (Fsp3) is 0.581. The summed E-state index contributed by atoms with van der Waals surface area (Å²) in [7, 11) is 0. The maximum Gasteiger partial charge on any atom is 0.419 e. The molecule has 1 aliphatic carbocycles. The van der Waals surface area contributed by atoms with Crippen LogP contribution in [-0.2, 0) is 17.5 Å². The van der Waals surface area contributed by atoms with Gasteiger partial charge in [0.1, 0.15) is 12.4 Å². The average molecular weight is 563 g/mol. The van der Waals surface area contributed by atoms with Crippen LogP contribution in [0.3, 0.4) is 0 Å². The molecule has 1 heterocycles. The van der Waals surface area contributed by atoms with Crippen molar-refractivity contribution in [2.75, 3.05) is 39.3 Å². The van der Waals surface area contributed by atoms with E-state index in [2.05, 4.69) is 4.90 Å². The summed E-state index contributed by atoms with van der Waals surface area (Å²) in [5.74, 6) is -0.718. The van der Waals surface area contributed by atoms with Gasteiger partial charge in [-0.05, 0) is 42.5 Å². The molecular weight excluding hydrogens is 521 g/mol. The van der Waals surface area contributed by atoms with Gasteiger partial charge in [-0.3, -0.25) is 4.90 Å². The summed E-state index contributed by atoms with van der Waals surface area (Å²) < 4.78 is 53.7. The number of aliphatic hydroxyl groups is 1. The zero-order valence-corrected chi connectivity index (χ0v) is 23.3. The van der Waals surface area contributed by atoms with Crippen molar-refractivity contribution in [2.45, 2.75) is 76.2 Å². The molecule has 1 amide bonds. The molecule has 40 heavy (non-hydrogen) atoms. The highest BCUT2D eigenvalue weighted by Gasteiger charge is 2.42. The number of unbranched alkanes of at least 4 members (excludes halogenated alkanes) is 1. The van der Waals surface area contributed by atoms with Crippen molar-refractivity contribution >= 4 is 6.09 Å². The highest BCUT2D eigenvalue weighted by Crippen LogP contribution is 2.44. The van der Waals surface area contributed by atoms with Gasteiger partial charge in [0.2, 0.25) is 0 Å². The topological polar surface area (TPSA) is 62.2 Å². The van der Waals surface area contributed by atoms with Crippen molar-refractivity contribution in [2.24, 2.45) is 0 Å². The molecular formula is C31H41F3N2O4. The van der Waals surface area contributed by atoms with Crippen LogP contribution in [0.25, 0.3) is 0 Å². The Bertz CT molecular complexity index is 1080. The fourth-order valence-electron chi connectivity index (χ4n) is 5.71. The van der Waals surface area contributed by atoms with Gasteiger partial charge in [-0.1, -0.05) is 69.0 Å². The van der Waals surface area contributed by atoms with Crippen LogP contribution in [0.2, 0.25) is 0 Å². The van der Waals surface area contributed by atoms with Gasteiger partial charge in [0, 0.05) is 38.6 Å². The predicted octanol–water partition coefficient (Wildman–Crippen LogP) is 6.62. The molecule has 0 radical (unpaired) electrons. The van der Waals surface area contributed by atoms with E-state index in [-0.39, 0.29) is 18.4 Å². The van der Waals surface area contributed by atoms with Crippen molar-refractivity contribution in [1.82, 2.24) is 9.80 Å². The smallest absolute Gasteiger partial charge is 0.419 e. The zero-order valence-electron chi connectivity index (χ0n) is 23.3. The standard InChI is InChI=1S/C31H41F3N2O4/c1-2-3-20-39-29(37)36-18-16-35(17-19-36)22-27(30(38)14-8-5-9-15-30)25-12-13-28(26(21-25)31(32,33)34)40-23-24-10-6-4-7-11-24/h4,6-7,10-13,21,27,38H,2-3,5,8-9,14-20,22-23H2,1H3. The minimum absolute atomic E-state index is 0.0296. The summed E-state index contributed by atoms with van der Waals surface area (Å²) in [5.41, 5.74) is -0.679. The first-order chi connectivity index (χ1) is 19.2. The summed E-state index contributed by atoms with van der Waals surface area (Å²) in [5, 5.41) is 11.8. The number of hydrogen-bond acceptors (Lipinski definition) is 5. The molecule has 0 aromatic heterocycles. The number of nitrogens with zero attached hydrogens (tertiary/aromatic N) is 2. The molecule has 2 fully saturated rings. The molecule has 220 valence electrons. The fourth-order valence-corrected chi connectivity index (χ4v) is 5.71. The Balaban J connectivity index is 1.52. The van der Waals surface area contributed by atoms with E-state index in [0.717, 1.165) is 37.7 Å². The molecule has 0 bridgehead atoms. The Labute approximate surface area is 235 Å². The maximum atomic E-state index is 14.2. The first kappa shape index (κ1) is 30.2. The van der Waals surface area contributed by atoms with Gasteiger partial charge in [-0.15, -0.1) is 0 Å². The lowest BCUT2D eigenvalue weighted by Gasteiger charge is -2.43. The Hall–Kier alpha value is -2.78. The number of benzene rings is 2. The quantitative estimate of drug-likeness (QED) is 0.330. The van der Waals surface area contributed by atoms with Crippen LogP contribution in [0.15, 0.2) is 48.5 Å². The number of alkyl halides is 3. The molecule has 1 saturated heterocycles. The Kier molecular flexibility index (Phi) is 10.4. The largest absolute Gasteiger partial charge is 0.488 e. The Morgan fingerprint density at radius 1 is 1.02 bits per heavy atom. The molecule has 1 N–H and O–H groups in total. The zero-order chi connectivity index (χ0) is 28.6. The van der Waals surface area contributed by atoms with Gasteiger partial charge in [0.15, 0.2) is 0 Å². The highest BCUT2D eigenvalue weighted by molar-refractivity contribution is 5.67. The number of amides is 1. The minimum Gasteiger partial charge on any atom is -0.488 e. The molecule has 1 unspecified atom stereocenters. The molecule has 1 atom stereocenters. The SMILES string of the molecule is CCCCOC(=O)N1CCN(CC(c2ccc(OCc3ccccc3)c(C(F)(F)F)c2)C2(O)CCCCC2)CC1. The average Bonchev–Trinajstić information content (AvgIpc) is 2.95. The van der Waals surface area contributed by atoms with Crippen molar-refractivity contribution in [1.29, 1.82) is 0 Å². The van der Waals surface area contributed by atoms with Gasteiger partial charge in [-0.25, -0.2) is 4.79 Å². The van der Waals surface area contributed by atoms with E-state index in [1.54, 1.807) is 23.1 Å². The van der Waals surface area contributed by atoms with Crippen LogP contribution in [0.5, 0.6) is 5.75 Å². The normalized spacial score (nSPS) is 18.8. The van der Waals surface area contributed by atoms with E-state index < -0.39 is 23.3 Å². The first-order valence-electron chi connectivity index (χ1n) is 14.4. The predicted molar refractivity (Wildman–Crippen MR) is 147 cm³/mol. The summed E-state index contributed by atoms with van der Waals surface area (Å²) >= 11 is 0. The van der Waals surface area contributed by atoms with Crippen LogP contribution < -0.4 is 4.74 Å². The molecule has 0 spiro atoms. The molecule has 2 aromatic rings. The third kappa shape index (κ3) is 7.91. The van der Waals surface area contributed by atoms with Crippen LogP contribution in [0.1, 0.15) is 74.5 Å². The molecule has 6 nitrogen and oxygen atoms in total. The second kappa shape index (κ2) is 13.7. The van der Waals surface area contributed by atoms with E-state index >= 15 is 0 Å². The Morgan fingerprint density at radius 2 is 1.73 bits per heavy atom. The van der Waals surface area contributed by atoms with Crippen LogP contribution in [0.4, 0.5) is 18.0 Å². The van der Waals surface area contributed by atoms with Crippen LogP contribution in [-0.4, -0.2) is 65.9 Å². The van der Waals surface area contributed by atoms with E-state index in [9.17, 15) is 23.1 Å². The van der Waals surface area contributed by atoms with E-state index in [4.69, 9.17) is 9.47 Å². The molecule has 1 saturated carbocycles. The lowest BCUT2D eigenvalue weighted by atomic mass is 9.72. The lowest BCUT2D eigenvalue weighted by Crippen LogP contribution is -2.52. The maximum absolute atomic E-state index is 14.2. The number of hydrogen-bond donors (Lipinski definition) is 1.